The summed E-state index contributed by atoms with van der Waals surface area (Å²) in [5, 5.41) is 0. The van der Waals surface area contributed by atoms with Crippen molar-refractivity contribution in [1.29, 1.82) is 0 Å². The van der Waals surface area contributed by atoms with Crippen molar-refractivity contribution in [2.24, 2.45) is 0 Å². The molecule has 4 rings (SSSR count). The number of hydrogen-bond donors (Lipinski definition) is 0. The van der Waals surface area contributed by atoms with Gasteiger partial charge in [-0.2, -0.15) is 0 Å². The van der Waals surface area contributed by atoms with E-state index in [0.717, 1.165) is 52.4 Å². The average Bonchev–Trinajstić information content (AvgIpc) is 3.40. The molecular weight excluding hydrogens is 322 g/mol. The summed E-state index contributed by atoms with van der Waals surface area (Å²) < 4.78 is 38.8. The van der Waals surface area contributed by atoms with Crippen LogP contribution in [0, 0.1) is 0 Å². The topological polar surface area (TPSA) is 52.7 Å². The summed E-state index contributed by atoms with van der Waals surface area (Å²) in [6.45, 7) is 8.88. The van der Waals surface area contributed by atoms with Gasteiger partial charge in [-0.3, -0.25) is 9.13 Å². The lowest BCUT2D eigenvalue weighted by molar-refractivity contribution is 0.355. The first-order valence-electron chi connectivity index (χ1n) is 8.12. The van der Waals surface area contributed by atoms with Gasteiger partial charge in [-0.25, -0.2) is 28.0 Å². The van der Waals surface area contributed by atoms with Gasteiger partial charge >= 0.3 is 0 Å². The number of hydrogen-bond acceptors (Lipinski definition) is 2. The molecule has 4 saturated heterocycles. The van der Waals surface area contributed by atoms with Crippen LogP contribution < -0.4 is 0 Å². The SMILES string of the molecule is CN(CCN(C)P(=O)(N1CC1)N1CC1)P(=O)(N1CC1)N1CC1. The Bertz CT molecular complexity index is 464. The molecule has 4 aliphatic rings. The van der Waals surface area contributed by atoms with Gasteiger partial charge in [0.15, 0.2) is 0 Å². The summed E-state index contributed by atoms with van der Waals surface area (Å²) in [5.41, 5.74) is 0. The van der Waals surface area contributed by atoms with Crippen molar-refractivity contribution in [2.75, 3.05) is 79.5 Å². The maximum Gasteiger partial charge on any atom is 0.286 e. The molecule has 0 saturated carbocycles. The number of nitrogens with zero attached hydrogens (tertiary/aromatic N) is 6. The molecular formula is C12H26N6O2P2. The zero-order valence-electron chi connectivity index (χ0n) is 13.5. The van der Waals surface area contributed by atoms with E-state index >= 15 is 0 Å². The van der Waals surface area contributed by atoms with Crippen molar-refractivity contribution in [3.63, 3.8) is 0 Å². The Hall–Kier alpha value is 0.220. The normalized spacial score (nSPS) is 26.9. The Balaban J connectivity index is 1.39. The molecule has 0 amide bonds. The van der Waals surface area contributed by atoms with Crippen LogP contribution in [0.2, 0.25) is 0 Å². The van der Waals surface area contributed by atoms with E-state index in [0.29, 0.717) is 13.1 Å². The summed E-state index contributed by atoms with van der Waals surface area (Å²) in [5.74, 6) is 0. The molecule has 0 atom stereocenters. The fourth-order valence-electron chi connectivity index (χ4n) is 2.99. The molecule has 22 heavy (non-hydrogen) atoms. The summed E-state index contributed by atoms with van der Waals surface area (Å²) in [6, 6.07) is 0. The second-order valence-electron chi connectivity index (χ2n) is 6.60. The second-order valence-corrected chi connectivity index (χ2v) is 12.3. The predicted octanol–water partition coefficient (Wildman–Crippen LogP) is 0.329. The molecule has 4 aliphatic heterocycles. The van der Waals surface area contributed by atoms with E-state index in [9.17, 15) is 9.13 Å². The van der Waals surface area contributed by atoms with Gasteiger partial charge in [0.1, 0.15) is 0 Å². The molecule has 0 radical (unpaired) electrons. The van der Waals surface area contributed by atoms with E-state index < -0.39 is 15.2 Å². The molecule has 8 nitrogen and oxygen atoms in total. The van der Waals surface area contributed by atoms with Crippen LogP contribution in [0.5, 0.6) is 0 Å². The molecule has 0 aromatic heterocycles. The van der Waals surface area contributed by atoms with Gasteiger partial charge in [-0.05, 0) is 14.1 Å². The second kappa shape index (κ2) is 5.36. The minimum absolute atomic E-state index is 0.687. The van der Waals surface area contributed by atoms with E-state index in [2.05, 4.69) is 18.7 Å². The van der Waals surface area contributed by atoms with Crippen LogP contribution in [0.3, 0.4) is 0 Å². The average molecular weight is 348 g/mol. The van der Waals surface area contributed by atoms with Crippen molar-refractivity contribution in [3.05, 3.63) is 0 Å². The van der Waals surface area contributed by atoms with Gasteiger partial charge in [0.2, 0.25) is 0 Å². The van der Waals surface area contributed by atoms with Crippen molar-refractivity contribution in [3.8, 4) is 0 Å². The van der Waals surface area contributed by atoms with Crippen LogP contribution in [-0.2, 0) is 9.13 Å². The lowest BCUT2D eigenvalue weighted by atomic mass is 10.6. The highest BCUT2D eigenvalue weighted by atomic mass is 31.2. The van der Waals surface area contributed by atoms with Crippen LogP contribution in [0.4, 0.5) is 0 Å². The van der Waals surface area contributed by atoms with Crippen LogP contribution in [-0.4, -0.2) is 108 Å². The van der Waals surface area contributed by atoms with Gasteiger partial charge < -0.3 is 0 Å². The molecule has 0 N–H and O–H groups in total. The van der Waals surface area contributed by atoms with Crippen LogP contribution in [0.15, 0.2) is 0 Å². The number of likely N-dealkylation sites (N-methyl/N-ethyl adjacent to an activating group) is 2. The molecule has 10 heteroatoms. The zero-order chi connectivity index (χ0) is 15.5. The van der Waals surface area contributed by atoms with Crippen molar-refractivity contribution >= 4 is 15.2 Å². The molecule has 4 fully saturated rings. The summed E-state index contributed by atoms with van der Waals surface area (Å²) in [6.07, 6.45) is 0. The van der Waals surface area contributed by atoms with Crippen LogP contribution >= 0.6 is 15.2 Å². The van der Waals surface area contributed by atoms with Crippen molar-refractivity contribution in [2.45, 2.75) is 0 Å². The van der Waals surface area contributed by atoms with E-state index in [1.54, 1.807) is 0 Å². The minimum atomic E-state index is -2.50. The third-order valence-electron chi connectivity index (χ3n) is 4.80. The molecule has 0 bridgehead atoms. The first-order chi connectivity index (χ1) is 10.5. The highest BCUT2D eigenvalue weighted by Gasteiger charge is 2.52. The van der Waals surface area contributed by atoms with Gasteiger partial charge in [0.25, 0.3) is 15.2 Å². The fraction of sp³-hybridized carbons (Fsp3) is 1.00. The first kappa shape index (κ1) is 15.7. The zero-order valence-corrected chi connectivity index (χ0v) is 15.3. The highest BCUT2D eigenvalue weighted by Crippen LogP contribution is 2.63. The smallest absolute Gasteiger partial charge is 0.270 e. The standard InChI is InChI=1S/C12H26N6O2P2/c1-13(21(19,15-5-6-15)16-7-8-16)3-4-14(2)22(20,17-9-10-17)18-11-12-18/h3-12H2,1-2H3. The fourth-order valence-corrected chi connectivity index (χ4v) is 8.58. The Morgan fingerprint density at radius 1 is 0.636 bits per heavy atom. The third-order valence-corrected chi connectivity index (χ3v) is 11.5. The molecule has 0 aromatic carbocycles. The monoisotopic (exact) mass is 348 g/mol. The number of rotatable bonds is 9. The maximum absolute atomic E-state index is 13.3. The quantitative estimate of drug-likeness (QED) is 0.437. The van der Waals surface area contributed by atoms with Gasteiger partial charge in [-0.15, -0.1) is 0 Å². The minimum Gasteiger partial charge on any atom is -0.270 e. The Morgan fingerprint density at radius 3 is 1.05 bits per heavy atom. The molecule has 0 aromatic rings. The lowest BCUT2D eigenvalue weighted by Crippen LogP contribution is -2.33. The van der Waals surface area contributed by atoms with E-state index in [1.165, 1.54) is 0 Å². The molecule has 126 valence electrons. The maximum atomic E-state index is 13.3. The van der Waals surface area contributed by atoms with Crippen LogP contribution in [0.1, 0.15) is 0 Å². The largest absolute Gasteiger partial charge is 0.286 e. The Labute approximate surface area is 132 Å². The summed E-state index contributed by atoms with van der Waals surface area (Å²) in [7, 11) is -1.10. The predicted molar refractivity (Wildman–Crippen MR) is 86.8 cm³/mol. The van der Waals surface area contributed by atoms with Crippen LogP contribution in [0.25, 0.3) is 0 Å². The lowest BCUT2D eigenvalue weighted by Gasteiger charge is -2.34. The van der Waals surface area contributed by atoms with Crippen molar-refractivity contribution < 1.29 is 9.13 Å². The molecule has 0 aliphatic carbocycles. The van der Waals surface area contributed by atoms with Gasteiger partial charge in [0, 0.05) is 65.4 Å². The Morgan fingerprint density at radius 2 is 0.864 bits per heavy atom. The third kappa shape index (κ3) is 2.64. The summed E-state index contributed by atoms with van der Waals surface area (Å²) in [4.78, 5) is 0. The van der Waals surface area contributed by atoms with E-state index in [1.807, 2.05) is 23.4 Å². The first-order valence-corrected chi connectivity index (χ1v) is 11.3. The molecule has 0 spiro atoms. The van der Waals surface area contributed by atoms with Gasteiger partial charge in [-0.1, -0.05) is 0 Å². The van der Waals surface area contributed by atoms with E-state index in [-0.39, 0.29) is 0 Å². The molecule has 0 unspecified atom stereocenters. The summed E-state index contributed by atoms with van der Waals surface area (Å²) >= 11 is 0. The van der Waals surface area contributed by atoms with Crippen molar-refractivity contribution in [1.82, 2.24) is 28.0 Å². The van der Waals surface area contributed by atoms with Gasteiger partial charge in [0.05, 0.1) is 0 Å². The Kier molecular flexibility index (Phi) is 3.83. The van der Waals surface area contributed by atoms with E-state index in [4.69, 9.17) is 0 Å². The molecule has 4 heterocycles. The highest BCUT2D eigenvalue weighted by molar-refractivity contribution is 7.57.